The standard InChI is InChI=1S/C16H18ClFN4O/c17-15-9-16(20-11-19-15)22-7-5-21(6-8-22)10-14(23)12-1-3-13(18)4-2-12/h1-4,9,11,14,23H,5-8,10H2. The first kappa shape index (κ1) is 16.1. The molecule has 0 radical (unpaired) electrons. The van der Waals surface area contributed by atoms with E-state index in [0.717, 1.165) is 37.6 Å². The zero-order valence-electron chi connectivity index (χ0n) is 12.6. The topological polar surface area (TPSA) is 52.5 Å². The van der Waals surface area contributed by atoms with Crippen molar-refractivity contribution in [3.63, 3.8) is 0 Å². The SMILES string of the molecule is OC(CN1CCN(c2cc(Cl)ncn2)CC1)c1ccc(F)cc1. The summed E-state index contributed by atoms with van der Waals surface area (Å²) in [7, 11) is 0. The number of halogens is 2. The molecule has 3 rings (SSSR count). The molecule has 1 aliphatic heterocycles. The maximum absolute atomic E-state index is 12.9. The molecule has 1 unspecified atom stereocenters. The van der Waals surface area contributed by atoms with Gasteiger partial charge in [0.25, 0.3) is 0 Å². The number of β-amino-alcohol motifs (C(OH)–C–C–N with tert-alkyl or cyclic N) is 1. The van der Waals surface area contributed by atoms with Gasteiger partial charge in [0.2, 0.25) is 0 Å². The minimum absolute atomic E-state index is 0.293. The van der Waals surface area contributed by atoms with E-state index in [1.807, 2.05) is 0 Å². The first-order chi connectivity index (χ1) is 11.1. The molecule has 0 bridgehead atoms. The molecule has 2 aromatic rings. The summed E-state index contributed by atoms with van der Waals surface area (Å²) >= 11 is 5.89. The molecule has 7 heteroatoms. The van der Waals surface area contributed by atoms with Crippen molar-refractivity contribution in [1.82, 2.24) is 14.9 Å². The van der Waals surface area contributed by atoms with Gasteiger partial charge in [0.15, 0.2) is 0 Å². The number of aromatic nitrogens is 2. The number of benzene rings is 1. The number of rotatable bonds is 4. The molecule has 1 atom stereocenters. The molecule has 0 aliphatic carbocycles. The van der Waals surface area contributed by atoms with E-state index in [9.17, 15) is 9.50 Å². The van der Waals surface area contributed by atoms with Crippen molar-refractivity contribution >= 4 is 17.4 Å². The lowest BCUT2D eigenvalue weighted by Crippen LogP contribution is -2.47. The van der Waals surface area contributed by atoms with Crippen LogP contribution in [0, 0.1) is 5.82 Å². The van der Waals surface area contributed by atoms with E-state index in [1.54, 1.807) is 18.2 Å². The highest BCUT2D eigenvalue weighted by Gasteiger charge is 2.21. The van der Waals surface area contributed by atoms with E-state index in [0.29, 0.717) is 11.7 Å². The highest BCUT2D eigenvalue weighted by molar-refractivity contribution is 6.29. The predicted molar refractivity (Wildman–Crippen MR) is 87.1 cm³/mol. The summed E-state index contributed by atoms with van der Waals surface area (Å²) in [5.41, 5.74) is 0.733. The lowest BCUT2D eigenvalue weighted by molar-refractivity contribution is 0.109. The highest BCUT2D eigenvalue weighted by Crippen LogP contribution is 2.19. The van der Waals surface area contributed by atoms with Gasteiger partial charge in [0, 0.05) is 38.8 Å². The average Bonchev–Trinajstić information content (AvgIpc) is 2.56. The van der Waals surface area contributed by atoms with Crippen molar-refractivity contribution < 1.29 is 9.50 Å². The number of piperazine rings is 1. The van der Waals surface area contributed by atoms with Gasteiger partial charge in [-0.2, -0.15) is 0 Å². The van der Waals surface area contributed by atoms with Crippen LogP contribution >= 0.6 is 11.6 Å². The van der Waals surface area contributed by atoms with Crippen molar-refractivity contribution in [2.24, 2.45) is 0 Å². The molecule has 1 fully saturated rings. The minimum Gasteiger partial charge on any atom is -0.387 e. The fraction of sp³-hybridized carbons (Fsp3) is 0.375. The third kappa shape index (κ3) is 4.16. The summed E-state index contributed by atoms with van der Waals surface area (Å²) in [4.78, 5) is 12.5. The van der Waals surface area contributed by atoms with Crippen LogP contribution in [0.2, 0.25) is 5.15 Å². The smallest absolute Gasteiger partial charge is 0.134 e. The third-order valence-corrected chi connectivity index (χ3v) is 4.21. The van der Waals surface area contributed by atoms with Gasteiger partial charge in [-0.25, -0.2) is 14.4 Å². The zero-order valence-corrected chi connectivity index (χ0v) is 13.3. The third-order valence-electron chi connectivity index (χ3n) is 4.00. The highest BCUT2D eigenvalue weighted by atomic mass is 35.5. The maximum Gasteiger partial charge on any atom is 0.134 e. The fourth-order valence-electron chi connectivity index (χ4n) is 2.69. The Morgan fingerprint density at radius 1 is 1.13 bits per heavy atom. The monoisotopic (exact) mass is 336 g/mol. The Balaban J connectivity index is 1.54. The van der Waals surface area contributed by atoms with Gasteiger partial charge in [-0.1, -0.05) is 23.7 Å². The summed E-state index contributed by atoms with van der Waals surface area (Å²) < 4.78 is 12.9. The predicted octanol–water partition coefficient (Wildman–Crippen LogP) is 2.12. The molecule has 5 nitrogen and oxygen atoms in total. The molecule has 1 aliphatic rings. The molecule has 0 amide bonds. The van der Waals surface area contributed by atoms with Gasteiger partial charge in [-0.3, -0.25) is 4.90 Å². The molecule has 23 heavy (non-hydrogen) atoms. The second kappa shape index (κ2) is 7.21. The Morgan fingerprint density at radius 2 is 1.83 bits per heavy atom. The summed E-state index contributed by atoms with van der Waals surface area (Å²) in [6.45, 7) is 3.79. The fourth-order valence-corrected chi connectivity index (χ4v) is 2.83. The van der Waals surface area contributed by atoms with Gasteiger partial charge in [0.05, 0.1) is 6.10 Å². The summed E-state index contributed by atoms with van der Waals surface area (Å²) in [5, 5.41) is 10.7. The molecule has 1 saturated heterocycles. The minimum atomic E-state index is -0.615. The number of hydrogen-bond donors (Lipinski definition) is 1. The molecule has 0 spiro atoms. The lowest BCUT2D eigenvalue weighted by Gasteiger charge is -2.36. The molecule has 1 N–H and O–H groups in total. The zero-order chi connectivity index (χ0) is 16.2. The van der Waals surface area contributed by atoms with E-state index in [4.69, 9.17) is 11.6 Å². The normalized spacial score (nSPS) is 17.3. The van der Waals surface area contributed by atoms with Crippen molar-refractivity contribution in [2.75, 3.05) is 37.6 Å². The Labute approximate surface area is 139 Å². The van der Waals surface area contributed by atoms with Crippen LogP contribution in [0.3, 0.4) is 0 Å². The van der Waals surface area contributed by atoms with Gasteiger partial charge >= 0.3 is 0 Å². The van der Waals surface area contributed by atoms with Crippen LogP contribution in [0.15, 0.2) is 36.7 Å². The largest absolute Gasteiger partial charge is 0.387 e. The van der Waals surface area contributed by atoms with Crippen LogP contribution in [0.5, 0.6) is 0 Å². The van der Waals surface area contributed by atoms with Gasteiger partial charge in [-0.05, 0) is 17.7 Å². The molecule has 2 heterocycles. The van der Waals surface area contributed by atoms with Crippen molar-refractivity contribution in [1.29, 1.82) is 0 Å². The van der Waals surface area contributed by atoms with Crippen molar-refractivity contribution in [3.05, 3.63) is 53.2 Å². The van der Waals surface area contributed by atoms with Crippen LogP contribution in [0.4, 0.5) is 10.2 Å². The van der Waals surface area contributed by atoms with Gasteiger partial charge in [0.1, 0.15) is 23.1 Å². The van der Waals surface area contributed by atoms with E-state index < -0.39 is 6.10 Å². The number of aliphatic hydroxyl groups is 1. The van der Waals surface area contributed by atoms with E-state index in [1.165, 1.54) is 18.5 Å². The van der Waals surface area contributed by atoms with E-state index >= 15 is 0 Å². The molecule has 122 valence electrons. The Hall–Kier alpha value is -1.76. The van der Waals surface area contributed by atoms with Crippen molar-refractivity contribution in [2.45, 2.75) is 6.10 Å². The van der Waals surface area contributed by atoms with Crippen LogP contribution in [-0.2, 0) is 0 Å². The summed E-state index contributed by atoms with van der Waals surface area (Å²) in [6, 6.07) is 7.74. The Bertz CT molecular complexity index is 647. The Morgan fingerprint density at radius 3 is 2.48 bits per heavy atom. The first-order valence-electron chi connectivity index (χ1n) is 7.50. The number of hydrogen-bond acceptors (Lipinski definition) is 5. The number of aliphatic hydroxyl groups excluding tert-OH is 1. The summed E-state index contributed by atoms with van der Waals surface area (Å²) in [5.74, 6) is 0.529. The molecular weight excluding hydrogens is 319 g/mol. The Kier molecular flexibility index (Phi) is 5.05. The molecule has 1 aromatic carbocycles. The van der Waals surface area contributed by atoms with Gasteiger partial charge < -0.3 is 10.0 Å². The maximum atomic E-state index is 12.9. The first-order valence-corrected chi connectivity index (χ1v) is 7.88. The van der Waals surface area contributed by atoms with Crippen LogP contribution in [-0.4, -0.2) is 52.7 Å². The lowest BCUT2D eigenvalue weighted by atomic mass is 10.1. The van der Waals surface area contributed by atoms with Crippen LogP contribution < -0.4 is 4.90 Å². The number of anilines is 1. The average molecular weight is 337 g/mol. The number of nitrogens with zero attached hydrogens (tertiary/aromatic N) is 4. The van der Waals surface area contributed by atoms with E-state index in [-0.39, 0.29) is 5.82 Å². The second-order valence-corrected chi connectivity index (χ2v) is 5.94. The van der Waals surface area contributed by atoms with E-state index in [2.05, 4.69) is 19.8 Å². The molecule has 1 aromatic heterocycles. The van der Waals surface area contributed by atoms with Crippen molar-refractivity contribution in [3.8, 4) is 0 Å². The quantitative estimate of drug-likeness (QED) is 0.867. The van der Waals surface area contributed by atoms with Crippen LogP contribution in [0.1, 0.15) is 11.7 Å². The second-order valence-electron chi connectivity index (χ2n) is 5.55. The summed E-state index contributed by atoms with van der Waals surface area (Å²) in [6.07, 6.45) is 0.846. The molecule has 0 saturated carbocycles. The van der Waals surface area contributed by atoms with Crippen LogP contribution in [0.25, 0.3) is 0 Å². The van der Waals surface area contributed by atoms with Gasteiger partial charge in [-0.15, -0.1) is 0 Å². The molecular formula is C16H18ClFN4O.